The van der Waals surface area contributed by atoms with E-state index in [9.17, 15) is 10.1 Å². The number of nitrogens with zero attached hydrogens (tertiary/aromatic N) is 6. The lowest BCUT2D eigenvalue weighted by atomic mass is 10.1. The highest BCUT2D eigenvalue weighted by Gasteiger charge is 2.28. The van der Waals surface area contributed by atoms with Crippen LogP contribution >= 0.6 is 23.7 Å². The minimum absolute atomic E-state index is 0. The van der Waals surface area contributed by atoms with Gasteiger partial charge in [-0.05, 0) is 25.3 Å². The van der Waals surface area contributed by atoms with E-state index in [0.29, 0.717) is 42.7 Å². The van der Waals surface area contributed by atoms with E-state index in [0.717, 1.165) is 41.3 Å². The van der Waals surface area contributed by atoms with Crippen LogP contribution in [0.25, 0.3) is 11.0 Å². The van der Waals surface area contributed by atoms with Crippen LogP contribution in [0.15, 0.2) is 47.0 Å². The number of halogens is 1. The second-order valence-corrected chi connectivity index (χ2v) is 9.72. The first-order valence-electron chi connectivity index (χ1n) is 11.5. The molecule has 1 atom stereocenters. The fourth-order valence-corrected chi connectivity index (χ4v) is 5.52. The van der Waals surface area contributed by atoms with Crippen molar-refractivity contribution < 1.29 is 0 Å². The molecule has 0 amide bonds. The smallest absolute Gasteiger partial charge is 0.277 e. The minimum atomic E-state index is -0.132. The van der Waals surface area contributed by atoms with Gasteiger partial charge in [-0.2, -0.15) is 5.26 Å². The van der Waals surface area contributed by atoms with Crippen LogP contribution < -0.4 is 16.2 Å². The van der Waals surface area contributed by atoms with Crippen LogP contribution in [0.2, 0.25) is 0 Å². The number of aromatic nitrogens is 4. The summed E-state index contributed by atoms with van der Waals surface area (Å²) >= 11 is 1.60. The lowest BCUT2D eigenvalue weighted by Gasteiger charge is -2.33. The van der Waals surface area contributed by atoms with Crippen molar-refractivity contribution in [3.63, 3.8) is 0 Å². The first-order chi connectivity index (χ1) is 16.6. The van der Waals surface area contributed by atoms with Crippen molar-refractivity contribution in [3.8, 4) is 6.07 Å². The Hall–Kier alpha value is -3.19. The zero-order chi connectivity index (χ0) is 23.7. The molecule has 0 unspecified atom stereocenters. The van der Waals surface area contributed by atoms with Gasteiger partial charge < -0.3 is 15.2 Å². The number of rotatable bonds is 6. The summed E-state index contributed by atoms with van der Waals surface area (Å²) in [5, 5.41) is 10.1. The van der Waals surface area contributed by atoms with Gasteiger partial charge in [0.2, 0.25) is 0 Å². The van der Waals surface area contributed by atoms with Crippen molar-refractivity contribution in [1.29, 1.82) is 5.26 Å². The summed E-state index contributed by atoms with van der Waals surface area (Å²) in [5.41, 5.74) is 11.4. The molecule has 0 aliphatic carbocycles. The van der Waals surface area contributed by atoms with Crippen LogP contribution in [0, 0.1) is 18.3 Å². The van der Waals surface area contributed by atoms with E-state index in [2.05, 4.69) is 20.9 Å². The zero-order valence-corrected chi connectivity index (χ0v) is 21.2. The molecule has 1 aromatic carbocycles. The summed E-state index contributed by atoms with van der Waals surface area (Å²) in [7, 11) is 0. The molecule has 0 radical (unpaired) electrons. The van der Waals surface area contributed by atoms with Crippen LogP contribution in [-0.4, -0.2) is 38.2 Å². The predicted molar refractivity (Wildman–Crippen MR) is 141 cm³/mol. The van der Waals surface area contributed by atoms with E-state index in [1.807, 2.05) is 47.3 Å². The quantitative estimate of drug-likeness (QED) is 0.426. The molecule has 1 fully saturated rings. The maximum atomic E-state index is 13.7. The van der Waals surface area contributed by atoms with Crippen LogP contribution in [-0.2, 0) is 19.5 Å². The van der Waals surface area contributed by atoms with E-state index < -0.39 is 0 Å². The van der Waals surface area contributed by atoms with Crippen LogP contribution in [0.3, 0.4) is 0 Å². The van der Waals surface area contributed by atoms with Gasteiger partial charge in [0.1, 0.15) is 28.5 Å². The molecule has 182 valence electrons. The fraction of sp³-hybridized carbons (Fsp3) is 0.360. The standard InChI is InChI=1S/C25H27N7OS.ClH/c1-17-21(34-16-29-17)9-11-31-15-28-22-20(12-26)24(30-10-5-8-19(27)14-30)32(23(22)25(31)33)13-18-6-3-2-4-7-18;/h2-4,6-7,15-16,19H,5,8-11,13-14,27H2,1H3;1H/t19-;/m0./s1. The van der Waals surface area contributed by atoms with Crippen molar-refractivity contribution in [2.24, 2.45) is 5.73 Å². The van der Waals surface area contributed by atoms with Gasteiger partial charge in [0.25, 0.3) is 5.56 Å². The normalized spacial score (nSPS) is 15.7. The second kappa shape index (κ2) is 10.6. The molecule has 35 heavy (non-hydrogen) atoms. The first kappa shape index (κ1) is 24.9. The Morgan fingerprint density at radius 2 is 2.06 bits per heavy atom. The number of benzene rings is 1. The second-order valence-electron chi connectivity index (χ2n) is 8.78. The number of aryl methyl sites for hydroxylation is 3. The summed E-state index contributed by atoms with van der Waals surface area (Å²) in [4.78, 5) is 26.0. The number of nitriles is 1. The number of piperidine rings is 1. The van der Waals surface area contributed by atoms with E-state index in [1.165, 1.54) is 0 Å². The third kappa shape index (κ3) is 4.82. The number of thiazole rings is 1. The van der Waals surface area contributed by atoms with Gasteiger partial charge in [0, 0.05) is 43.5 Å². The van der Waals surface area contributed by atoms with Gasteiger partial charge in [-0.1, -0.05) is 30.3 Å². The summed E-state index contributed by atoms with van der Waals surface area (Å²) < 4.78 is 3.63. The molecule has 1 aliphatic heterocycles. The molecule has 5 rings (SSSR count). The van der Waals surface area contributed by atoms with Crippen molar-refractivity contribution in [1.82, 2.24) is 19.1 Å². The van der Waals surface area contributed by atoms with Gasteiger partial charge in [-0.15, -0.1) is 23.7 Å². The Morgan fingerprint density at radius 1 is 1.26 bits per heavy atom. The summed E-state index contributed by atoms with van der Waals surface area (Å²) in [5.74, 6) is 0.747. The Kier molecular flexibility index (Phi) is 7.55. The topological polar surface area (TPSA) is 106 Å². The molecule has 4 heterocycles. The summed E-state index contributed by atoms with van der Waals surface area (Å²) in [6.07, 6.45) is 4.19. The van der Waals surface area contributed by atoms with E-state index in [-0.39, 0.29) is 24.0 Å². The maximum absolute atomic E-state index is 13.7. The molecular weight excluding hydrogens is 482 g/mol. The number of nitrogens with two attached hydrogens (primary N) is 1. The largest absolute Gasteiger partial charge is 0.355 e. The van der Waals surface area contributed by atoms with E-state index >= 15 is 0 Å². The highest BCUT2D eigenvalue weighted by Crippen LogP contribution is 2.32. The average Bonchev–Trinajstić information content (AvgIpc) is 3.40. The van der Waals surface area contributed by atoms with E-state index in [4.69, 9.17) is 5.73 Å². The summed E-state index contributed by atoms with van der Waals surface area (Å²) in [6, 6.07) is 12.4. The Balaban J connectivity index is 0.00000289. The Bertz CT molecular complexity index is 1420. The highest BCUT2D eigenvalue weighted by atomic mass is 35.5. The first-order valence-corrected chi connectivity index (χ1v) is 12.4. The number of anilines is 1. The highest BCUT2D eigenvalue weighted by molar-refractivity contribution is 7.09. The van der Waals surface area contributed by atoms with Gasteiger partial charge >= 0.3 is 0 Å². The Labute approximate surface area is 214 Å². The van der Waals surface area contributed by atoms with Gasteiger partial charge in [0.05, 0.1) is 17.5 Å². The molecule has 8 nitrogen and oxygen atoms in total. The SMILES string of the molecule is Cc1ncsc1CCn1cnc2c(C#N)c(N3CCC[C@H](N)C3)n(Cc3ccccc3)c2c1=O.Cl. The molecule has 1 saturated heterocycles. The monoisotopic (exact) mass is 509 g/mol. The van der Waals surface area contributed by atoms with Gasteiger partial charge in [0.15, 0.2) is 0 Å². The zero-order valence-electron chi connectivity index (χ0n) is 19.6. The average molecular weight is 510 g/mol. The molecule has 0 saturated carbocycles. The molecule has 2 N–H and O–H groups in total. The molecule has 10 heteroatoms. The summed E-state index contributed by atoms with van der Waals surface area (Å²) in [6.45, 7) is 4.42. The number of hydrogen-bond donors (Lipinski definition) is 1. The number of hydrogen-bond acceptors (Lipinski definition) is 7. The van der Waals surface area contributed by atoms with Crippen molar-refractivity contribution >= 4 is 40.6 Å². The lowest BCUT2D eigenvalue weighted by molar-refractivity contribution is 0.498. The van der Waals surface area contributed by atoms with Crippen molar-refractivity contribution in [2.75, 3.05) is 18.0 Å². The van der Waals surface area contributed by atoms with Crippen LogP contribution in [0.1, 0.15) is 34.5 Å². The van der Waals surface area contributed by atoms with Crippen LogP contribution in [0.4, 0.5) is 5.82 Å². The molecule has 1 aliphatic rings. The minimum Gasteiger partial charge on any atom is -0.355 e. The third-order valence-electron chi connectivity index (χ3n) is 6.48. The molecule has 0 spiro atoms. The van der Waals surface area contributed by atoms with Crippen molar-refractivity contribution in [3.05, 3.63) is 74.2 Å². The molecular formula is C25H28ClN7OS. The Morgan fingerprint density at radius 3 is 2.74 bits per heavy atom. The van der Waals surface area contributed by atoms with Gasteiger partial charge in [-0.3, -0.25) is 9.36 Å². The van der Waals surface area contributed by atoms with Gasteiger partial charge in [-0.25, -0.2) is 9.97 Å². The number of fused-ring (bicyclic) bond motifs is 1. The third-order valence-corrected chi connectivity index (χ3v) is 7.47. The predicted octanol–water partition coefficient (Wildman–Crippen LogP) is 3.47. The van der Waals surface area contributed by atoms with E-state index in [1.54, 1.807) is 22.2 Å². The molecule has 4 aromatic rings. The molecule has 3 aromatic heterocycles. The lowest BCUT2D eigenvalue weighted by Crippen LogP contribution is -2.44. The van der Waals surface area contributed by atoms with Crippen LogP contribution in [0.5, 0.6) is 0 Å². The fourth-order valence-electron chi connectivity index (χ4n) is 4.75. The maximum Gasteiger partial charge on any atom is 0.277 e. The van der Waals surface area contributed by atoms with Crippen molar-refractivity contribution in [2.45, 2.75) is 45.3 Å². The molecule has 0 bridgehead atoms.